The van der Waals surface area contributed by atoms with E-state index in [4.69, 9.17) is 15.5 Å². The van der Waals surface area contributed by atoms with Gasteiger partial charge in [0.05, 0.1) is 23.9 Å². The lowest BCUT2D eigenvalue weighted by molar-refractivity contribution is 0.100. The van der Waals surface area contributed by atoms with Crippen molar-refractivity contribution in [3.63, 3.8) is 0 Å². The second-order valence-corrected chi connectivity index (χ2v) is 8.14. The molecule has 0 radical (unpaired) electrons. The summed E-state index contributed by atoms with van der Waals surface area (Å²) in [5, 5.41) is 0.360. The number of ether oxygens (including phenoxy) is 1. The number of amides is 1. The first kappa shape index (κ1) is 20.7. The summed E-state index contributed by atoms with van der Waals surface area (Å²) in [6.07, 6.45) is 0.327. The molecule has 0 saturated heterocycles. The fraction of sp³-hybridized carbons (Fsp3) is 0.174. The molecule has 2 aromatic heterocycles. The molecule has 2 N–H and O–H groups in total. The van der Waals surface area contributed by atoms with Crippen molar-refractivity contribution in [3.05, 3.63) is 92.1 Å². The van der Waals surface area contributed by atoms with Crippen LogP contribution in [0.4, 0.5) is 4.39 Å². The zero-order valence-electron chi connectivity index (χ0n) is 17.0. The third-order valence-electron chi connectivity index (χ3n) is 5.12. The van der Waals surface area contributed by atoms with Crippen molar-refractivity contribution < 1.29 is 13.9 Å². The summed E-state index contributed by atoms with van der Waals surface area (Å²) >= 11 is 1.11. The van der Waals surface area contributed by atoms with Gasteiger partial charge in [0.2, 0.25) is 0 Å². The monoisotopic (exact) mass is 437 g/mol. The van der Waals surface area contributed by atoms with Gasteiger partial charge in [-0.2, -0.15) is 0 Å². The topological polar surface area (TPSA) is 87.2 Å². The Morgan fingerprint density at radius 3 is 2.71 bits per heavy atom. The smallest absolute Gasteiger partial charge is 0.262 e. The number of para-hydroxylation sites is 1. The molecular weight excluding hydrogens is 417 g/mol. The van der Waals surface area contributed by atoms with Gasteiger partial charge >= 0.3 is 0 Å². The lowest BCUT2D eigenvalue weighted by Crippen LogP contribution is -2.26. The van der Waals surface area contributed by atoms with Crippen molar-refractivity contribution in [2.24, 2.45) is 5.73 Å². The molecule has 2 aromatic carbocycles. The maximum absolute atomic E-state index is 13.8. The second-order valence-electron chi connectivity index (χ2n) is 7.14. The molecule has 0 atom stereocenters. The molecule has 0 fully saturated rings. The minimum absolute atomic E-state index is 0.144. The molecule has 158 valence electrons. The number of benzene rings is 2. The van der Waals surface area contributed by atoms with Crippen LogP contribution in [0.1, 0.15) is 32.2 Å². The van der Waals surface area contributed by atoms with E-state index in [0.717, 1.165) is 16.9 Å². The van der Waals surface area contributed by atoms with E-state index in [2.05, 4.69) is 0 Å². The van der Waals surface area contributed by atoms with Crippen molar-refractivity contribution >= 4 is 27.5 Å². The predicted molar refractivity (Wildman–Crippen MR) is 118 cm³/mol. The summed E-state index contributed by atoms with van der Waals surface area (Å²) in [5.41, 5.74) is 7.19. The number of fused-ring (bicyclic) bond motifs is 1. The van der Waals surface area contributed by atoms with E-state index >= 15 is 0 Å². The Bertz CT molecular complexity index is 1360. The Hall–Kier alpha value is -3.52. The maximum Gasteiger partial charge on any atom is 0.262 e. The molecule has 0 aliphatic heterocycles. The third-order valence-corrected chi connectivity index (χ3v) is 6.32. The Labute approximate surface area is 181 Å². The van der Waals surface area contributed by atoms with E-state index in [0.29, 0.717) is 44.2 Å². The summed E-state index contributed by atoms with van der Waals surface area (Å²) in [5.74, 6) is 0.189. The average Bonchev–Trinajstić information content (AvgIpc) is 3.08. The van der Waals surface area contributed by atoms with Crippen LogP contribution >= 0.6 is 11.3 Å². The molecule has 0 aliphatic rings. The first-order valence-corrected chi connectivity index (χ1v) is 10.4. The van der Waals surface area contributed by atoms with Crippen LogP contribution in [0.3, 0.4) is 0 Å². The van der Waals surface area contributed by atoms with Crippen LogP contribution in [0.5, 0.6) is 5.75 Å². The van der Waals surface area contributed by atoms with E-state index in [1.165, 1.54) is 16.7 Å². The van der Waals surface area contributed by atoms with Gasteiger partial charge in [0.1, 0.15) is 22.2 Å². The standard InChI is InChI=1S/C23H20FN3O3S/c1-13-19-22(31-20(13)21(25)28)26-18(11-15-7-3-4-9-17(15)30-2)27(23(19)29)12-14-6-5-8-16(24)10-14/h3-10H,11-12H2,1-2H3,(H2,25,28). The van der Waals surface area contributed by atoms with Gasteiger partial charge in [-0.3, -0.25) is 14.2 Å². The van der Waals surface area contributed by atoms with Crippen molar-refractivity contribution in [3.8, 4) is 5.75 Å². The number of aryl methyl sites for hydroxylation is 1. The predicted octanol–water partition coefficient (Wildman–Crippen LogP) is 3.65. The van der Waals surface area contributed by atoms with Crippen LogP contribution in [-0.4, -0.2) is 22.6 Å². The molecule has 8 heteroatoms. The van der Waals surface area contributed by atoms with E-state index in [1.54, 1.807) is 26.2 Å². The lowest BCUT2D eigenvalue weighted by atomic mass is 10.1. The van der Waals surface area contributed by atoms with Crippen molar-refractivity contribution in [1.29, 1.82) is 0 Å². The number of aromatic nitrogens is 2. The van der Waals surface area contributed by atoms with Gasteiger partial charge in [-0.25, -0.2) is 9.37 Å². The van der Waals surface area contributed by atoms with Gasteiger partial charge < -0.3 is 10.5 Å². The van der Waals surface area contributed by atoms with E-state index < -0.39 is 5.91 Å². The summed E-state index contributed by atoms with van der Waals surface area (Å²) in [7, 11) is 1.58. The number of nitrogens with zero attached hydrogens (tertiary/aromatic N) is 2. The molecule has 1 amide bonds. The number of primary amides is 1. The van der Waals surface area contributed by atoms with E-state index in [-0.39, 0.29) is 17.9 Å². The molecule has 2 heterocycles. The number of methoxy groups -OCH3 is 1. The van der Waals surface area contributed by atoms with E-state index in [1.807, 2.05) is 24.3 Å². The normalized spacial score (nSPS) is 11.1. The number of hydrogen-bond acceptors (Lipinski definition) is 5. The fourth-order valence-corrected chi connectivity index (χ4v) is 4.67. The quantitative estimate of drug-likeness (QED) is 0.499. The number of carbonyl (C=O) groups is 1. The Morgan fingerprint density at radius 1 is 1.23 bits per heavy atom. The minimum atomic E-state index is -0.595. The average molecular weight is 437 g/mol. The number of rotatable bonds is 6. The van der Waals surface area contributed by atoms with Crippen LogP contribution < -0.4 is 16.0 Å². The van der Waals surface area contributed by atoms with Gasteiger partial charge in [-0.1, -0.05) is 30.3 Å². The molecule has 4 aromatic rings. The number of carbonyl (C=O) groups excluding carboxylic acids is 1. The number of hydrogen-bond donors (Lipinski definition) is 1. The molecule has 0 unspecified atom stereocenters. The van der Waals surface area contributed by atoms with Gasteiger partial charge in [0.15, 0.2) is 0 Å². The van der Waals surface area contributed by atoms with Gasteiger partial charge in [0, 0.05) is 12.0 Å². The van der Waals surface area contributed by atoms with Crippen LogP contribution in [0.2, 0.25) is 0 Å². The zero-order valence-corrected chi connectivity index (χ0v) is 17.8. The molecule has 0 saturated carbocycles. The number of thiophene rings is 1. The highest BCUT2D eigenvalue weighted by Crippen LogP contribution is 2.28. The summed E-state index contributed by atoms with van der Waals surface area (Å²) < 4.78 is 20.7. The highest BCUT2D eigenvalue weighted by atomic mass is 32.1. The SMILES string of the molecule is COc1ccccc1Cc1nc2sc(C(N)=O)c(C)c2c(=O)n1Cc1cccc(F)c1. The van der Waals surface area contributed by atoms with Gasteiger partial charge in [-0.15, -0.1) is 11.3 Å². The minimum Gasteiger partial charge on any atom is -0.496 e. The van der Waals surface area contributed by atoms with Crippen molar-refractivity contribution in [1.82, 2.24) is 9.55 Å². The highest BCUT2D eigenvalue weighted by Gasteiger charge is 2.21. The molecular formula is C23H20FN3O3S. The molecule has 6 nitrogen and oxygen atoms in total. The summed E-state index contributed by atoms with van der Waals surface area (Å²) in [6, 6.07) is 13.6. The van der Waals surface area contributed by atoms with Crippen molar-refractivity contribution in [2.75, 3.05) is 7.11 Å². The number of nitrogens with two attached hydrogens (primary N) is 1. The van der Waals surface area contributed by atoms with E-state index in [9.17, 15) is 14.0 Å². The van der Waals surface area contributed by atoms with Crippen molar-refractivity contribution in [2.45, 2.75) is 19.9 Å². The Morgan fingerprint density at radius 2 is 2.00 bits per heavy atom. The summed E-state index contributed by atoms with van der Waals surface area (Å²) in [4.78, 5) is 30.8. The first-order valence-electron chi connectivity index (χ1n) is 9.58. The van der Waals surface area contributed by atoms with Crippen LogP contribution in [0.15, 0.2) is 53.3 Å². The first-order chi connectivity index (χ1) is 14.9. The molecule has 31 heavy (non-hydrogen) atoms. The van der Waals surface area contributed by atoms with Gasteiger partial charge in [-0.05, 0) is 36.2 Å². The molecule has 0 aliphatic carbocycles. The molecule has 4 rings (SSSR count). The third kappa shape index (κ3) is 3.94. The zero-order chi connectivity index (χ0) is 22.1. The number of halogens is 1. The maximum atomic E-state index is 13.8. The largest absolute Gasteiger partial charge is 0.496 e. The molecule has 0 bridgehead atoms. The second kappa shape index (κ2) is 8.31. The Kier molecular flexibility index (Phi) is 5.56. The fourth-order valence-electron chi connectivity index (χ4n) is 3.63. The lowest BCUT2D eigenvalue weighted by Gasteiger charge is -2.14. The Balaban J connectivity index is 1.93. The highest BCUT2D eigenvalue weighted by molar-refractivity contribution is 7.20. The summed E-state index contributed by atoms with van der Waals surface area (Å²) in [6.45, 7) is 1.83. The van der Waals surface area contributed by atoms with Crippen LogP contribution in [0.25, 0.3) is 10.2 Å². The molecule has 0 spiro atoms. The van der Waals surface area contributed by atoms with Crippen LogP contribution in [0, 0.1) is 12.7 Å². The van der Waals surface area contributed by atoms with Crippen LogP contribution in [-0.2, 0) is 13.0 Å². The van der Waals surface area contributed by atoms with Gasteiger partial charge in [0.25, 0.3) is 11.5 Å².